The molecule has 3 aromatic rings. The first-order valence-corrected chi connectivity index (χ1v) is 8.22. The summed E-state index contributed by atoms with van der Waals surface area (Å²) in [5.41, 5.74) is 0.898. The van der Waals surface area contributed by atoms with Crippen LogP contribution in [0.4, 0.5) is 20.3 Å². The number of nitrogens with zero attached hydrogens (tertiary/aromatic N) is 4. The van der Waals surface area contributed by atoms with E-state index in [0.29, 0.717) is 13.0 Å². The first-order chi connectivity index (χ1) is 13.0. The zero-order valence-electron chi connectivity index (χ0n) is 14.6. The predicted octanol–water partition coefficient (Wildman–Crippen LogP) is 3.21. The standard InChI is InChI=1S/C19H17F2N5O/c1-26(10-7-13-5-8-22-9-6-13)19(27)16-11-24-17(12-23-16)25-18-14(20)3-2-4-15(18)21/h2-6,8-9,11-12H,7,10H2,1H3,(H,24,25). The maximum atomic E-state index is 13.7. The number of hydrogen-bond acceptors (Lipinski definition) is 5. The van der Waals surface area contributed by atoms with Crippen molar-refractivity contribution in [2.24, 2.45) is 0 Å². The fraction of sp³-hybridized carbons (Fsp3) is 0.158. The zero-order valence-corrected chi connectivity index (χ0v) is 14.6. The van der Waals surface area contributed by atoms with Crippen LogP contribution in [-0.2, 0) is 6.42 Å². The molecular weight excluding hydrogens is 352 g/mol. The van der Waals surface area contributed by atoms with Gasteiger partial charge in [-0.3, -0.25) is 9.78 Å². The molecular formula is C19H17F2N5O. The van der Waals surface area contributed by atoms with Gasteiger partial charge in [0.1, 0.15) is 28.8 Å². The molecule has 0 fully saturated rings. The Morgan fingerprint density at radius 1 is 1.07 bits per heavy atom. The van der Waals surface area contributed by atoms with E-state index in [0.717, 1.165) is 17.7 Å². The summed E-state index contributed by atoms with van der Waals surface area (Å²) in [6.45, 7) is 0.505. The van der Waals surface area contributed by atoms with Crippen LogP contribution in [0.25, 0.3) is 0 Å². The van der Waals surface area contributed by atoms with Gasteiger partial charge in [-0.1, -0.05) is 6.07 Å². The number of amides is 1. The normalized spacial score (nSPS) is 10.5. The minimum Gasteiger partial charge on any atom is -0.340 e. The highest BCUT2D eigenvalue weighted by molar-refractivity contribution is 5.91. The molecule has 27 heavy (non-hydrogen) atoms. The van der Waals surface area contributed by atoms with Gasteiger partial charge in [0.2, 0.25) is 0 Å². The summed E-state index contributed by atoms with van der Waals surface area (Å²) in [4.78, 5) is 26.0. The molecule has 3 rings (SSSR count). The third-order valence-corrected chi connectivity index (χ3v) is 3.92. The van der Waals surface area contributed by atoms with Crippen molar-refractivity contribution in [2.75, 3.05) is 18.9 Å². The third-order valence-electron chi connectivity index (χ3n) is 3.92. The third kappa shape index (κ3) is 4.60. The average molecular weight is 369 g/mol. The molecule has 1 aromatic carbocycles. The predicted molar refractivity (Wildman–Crippen MR) is 96.6 cm³/mol. The lowest BCUT2D eigenvalue weighted by Gasteiger charge is -2.16. The number of rotatable bonds is 6. The number of aromatic nitrogens is 3. The number of para-hydroxylation sites is 1. The van der Waals surface area contributed by atoms with Crippen molar-refractivity contribution >= 4 is 17.4 Å². The Hall–Kier alpha value is -3.42. The molecule has 0 saturated carbocycles. The number of halogens is 2. The Balaban J connectivity index is 1.63. The van der Waals surface area contributed by atoms with E-state index in [-0.39, 0.29) is 23.1 Å². The molecule has 0 aliphatic heterocycles. The van der Waals surface area contributed by atoms with Crippen LogP contribution in [0.1, 0.15) is 16.1 Å². The second-order valence-corrected chi connectivity index (χ2v) is 5.84. The van der Waals surface area contributed by atoms with Gasteiger partial charge in [-0.2, -0.15) is 0 Å². The lowest BCUT2D eigenvalue weighted by Crippen LogP contribution is -2.29. The van der Waals surface area contributed by atoms with Crippen molar-refractivity contribution in [1.82, 2.24) is 19.9 Å². The van der Waals surface area contributed by atoms with Crippen molar-refractivity contribution in [3.05, 3.63) is 78.0 Å². The van der Waals surface area contributed by atoms with Crippen LogP contribution < -0.4 is 5.32 Å². The van der Waals surface area contributed by atoms with Gasteiger partial charge >= 0.3 is 0 Å². The van der Waals surface area contributed by atoms with Gasteiger partial charge in [-0.15, -0.1) is 0 Å². The van der Waals surface area contributed by atoms with E-state index in [4.69, 9.17) is 0 Å². The van der Waals surface area contributed by atoms with E-state index < -0.39 is 11.6 Å². The number of carbonyl (C=O) groups is 1. The number of carbonyl (C=O) groups excluding carboxylic acids is 1. The Morgan fingerprint density at radius 3 is 2.41 bits per heavy atom. The van der Waals surface area contributed by atoms with Gasteiger partial charge in [0.05, 0.1) is 12.4 Å². The lowest BCUT2D eigenvalue weighted by molar-refractivity contribution is 0.0790. The van der Waals surface area contributed by atoms with Gasteiger partial charge in [-0.05, 0) is 36.2 Å². The summed E-state index contributed by atoms with van der Waals surface area (Å²) in [6, 6.07) is 7.31. The maximum Gasteiger partial charge on any atom is 0.273 e. The largest absolute Gasteiger partial charge is 0.340 e. The van der Waals surface area contributed by atoms with E-state index in [9.17, 15) is 13.6 Å². The highest BCUT2D eigenvalue weighted by atomic mass is 19.1. The average Bonchev–Trinajstić information content (AvgIpc) is 2.70. The van der Waals surface area contributed by atoms with E-state index in [2.05, 4.69) is 20.3 Å². The van der Waals surface area contributed by atoms with Crippen LogP contribution >= 0.6 is 0 Å². The quantitative estimate of drug-likeness (QED) is 0.722. The molecule has 0 aliphatic carbocycles. The van der Waals surface area contributed by atoms with E-state index in [1.165, 1.54) is 23.4 Å². The zero-order chi connectivity index (χ0) is 19.2. The Bertz CT molecular complexity index is 899. The monoisotopic (exact) mass is 369 g/mol. The van der Waals surface area contributed by atoms with Gasteiger partial charge in [0.25, 0.3) is 5.91 Å². The number of hydrogen-bond donors (Lipinski definition) is 1. The molecule has 2 aromatic heterocycles. The minimum absolute atomic E-state index is 0.134. The van der Waals surface area contributed by atoms with Gasteiger partial charge < -0.3 is 10.2 Å². The van der Waals surface area contributed by atoms with Crippen LogP contribution in [0, 0.1) is 11.6 Å². The molecule has 0 bridgehead atoms. The molecule has 0 spiro atoms. The number of benzene rings is 1. The number of anilines is 2. The molecule has 1 amide bonds. The van der Waals surface area contributed by atoms with Crippen molar-refractivity contribution in [3.8, 4) is 0 Å². The Kier molecular flexibility index (Phi) is 5.65. The molecule has 0 aliphatic rings. The Morgan fingerprint density at radius 2 is 1.78 bits per heavy atom. The summed E-state index contributed by atoms with van der Waals surface area (Å²) >= 11 is 0. The van der Waals surface area contributed by atoms with E-state index in [1.807, 2.05) is 12.1 Å². The first kappa shape index (κ1) is 18.4. The molecule has 6 nitrogen and oxygen atoms in total. The Labute approximate surface area is 154 Å². The molecule has 0 atom stereocenters. The SMILES string of the molecule is CN(CCc1ccncc1)C(=O)c1cnc(Nc2c(F)cccc2F)cn1. The summed E-state index contributed by atoms with van der Waals surface area (Å²) in [5.74, 6) is -1.64. The maximum absolute atomic E-state index is 13.7. The second-order valence-electron chi connectivity index (χ2n) is 5.84. The van der Waals surface area contributed by atoms with Crippen LogP contribution in [0.5, 0.6) is 0 Å². The van der Waals surface area contributed by atoms with Crippen LogP contribution in [-0.4, -0.2) is 39.4 Å². The lowest BCUT2D eigenvalue weighted by atomic mass is 10.2. The van der Waals surface area contributed by atoms with Gasteiger partial charge in [0.15, 0.2) is 0 Å². The number of likely N-dealkylation sites (N-methyl/N-ethyl adjacent to an activating group) is 1. The second kappa shape index (κ2) is 8.31. The molecule has 0 radical (unpaired) electrons. The summed E-state index contributed by atoms with van der Waals surface area (Å²) in [5, 5.41) is 2.53. The van der Waals surface area contributed by atoms with Crippen LogP contribution in [0.3, 0.4) is 0 Å². The molecule has 1 N–H and O–H groups in total. The topological polar surface area (TPSA) is 71.0 Å². The molecule has 0 unspecified atom stereocenters. The summed E-state index contributed by atoms with van der Waals surface area (Å²) in [7, 11) is 1.67. The van der Waals surface area contributed by atoms with E-state index >= 15 is 0 Å². The van der Waals surface area contributed by atoms with Crippen molar-refractivity contribution in [3.63, 3.8) is 0 Å². The number of nitrogens with one attached hydrogen (secondary N) is 1. The molecule has 8 heteroatoms. The van der Waals surface area contributed by atoms with Crippen molar-refractivity contribution in [1.29, 1.82) is 0 Å². The van der Waals surface area contributed by atoms with Crippen LogP contribution in [0.2, 0.25) is 0 Å². The fourth-order valence-corrected chi connectivity index (χ4v) is 2.39. The molecule has 2 heterocycles. The van der Waals surface area contributed by atoms with Crippen molar-refractivity contribution in [2.45, 2.75) is 6.42 Å². The highest BCUT2D eigenvalue weighted by Crippen LogP contribution is 2.21. The summed E-state index contributed by atoms with van der Waals surface area (Å²) < 4.78 is 27.3. The minimum atomic E-state index is -0.743. The van der Waals surface area contributed by atoms with Gasteiger partial charge in [0, 0.05) is 26.0 Å². The van der Waals surface area contributed by atoms with Crippen LogP contribution in [0.15, 0.2) is 55.1 Å². The smallest absolute Gasteiger partial charge is 0.273 e. The molecule has 0 saturated heterocycles. The van der Waals surface area contributed by atoms with Gasteiger partial charge in [-0.25, -0.2) is 18.7 Å². The van der Waals surface area contributed by atoms with Crippen molar-refractivity contribution < 1.29 is 13.6 Å². The number of pyridine rings is 1. The fourth-order valence-electron chi connectivity index (χ4n) is 2.39. The summed E-state index contributed by atoms with van der Waals surface area (Å²) in [6.07, 6.45) is 6.62. The highest BCUT2D eigenvalue weighted by Gasteiger charge is 2.15. The molecule has 138 valence electrons. The van der Waals surface area contributed by atoms with E-state index in [1.54, 1.807) is 19.4 Å². The first-order valence-electron chi connectivity index (χ1n) is 8.22.